The second-order valence-electron chi connectivity index (χ2n) is 6.97. The molecule has 0 aliphatic heterocycles. The van der Waals surface area contributed by atoms with Crippen molar-refractivity contribution in [2.45, 2.75) is 30.7 Å². The molecule has 0 spiro atoms. The Labute approximate surface area is 173 Å². The Kier molecular flexibility index (Phi) is 5.22. The van der Waals surface area contributed by atoms with E-state index in [1.54, 1.807) is 18.2 Å². The topological polar surface area (TPSA) is 128 Å². The van der Waals surface area contributed by atoms with Crippen molar-refractivity contribution in [3.63, 3.8) is 0 Å². The molecular weight excluding hydrogens is 408 g/mol. The van der Waals surface area contributed by atoms with Gasteiger partial charge in [-0.1, -0.05) is 0 Å². The zero-order valence-electron chi connectivity index (χ0n) is 16.4. The molecule has 10 nitrogen and oxygen atoms in total. The molecule has 156 valence electrons. The van der Waals surface area contributed by atoms with Crippen LogP contribution in [0.3, 0.4) is 0 Å². The van der Waals surface area contributed by atoms with Crippen LogP contribution in [0.1, 0.15) is 28.8 Å². The van der Waals surface area contributed by atoms with Crippen molar-refractivity contribution in [1.29, 1.82) is 0 Å². The molecule has 1 amide bonds. The predicted octanol–water partition coefficient (Wildman–Crippen LogP) is 1.67. The van der Waals surface area contributed by atoms with E-state index in [2.05, 4.69) is 25.6 Å². The molecule has 0 atom stereocenters. The number of hydrogen-bond donors (Lipinski definition) is 2. The number of tetrazole rings is 1. The van der Waals surface area contributed by atoms with Gasteiger partial charge < -0.3 is 10.1 Å². The number of nitrogens with zero attached hydrogens (tertiary/aromatic N) is 4. The summed E-state index contributed by atoms with van der Waals surface area (Å²) in [4.78, 5) is 12.9. The Bertz CT molecular complexity index is 1190. The average molecular weight is 428 g/mol. The van der Waals surface area contributed by atoms with Crippen LogP contribution >= 0.6 is 0 Å². The number of aromatic nitrogens is 4. The van der Waals surface area contributed by atoms with Gasteiger partial charge in [0.15, 0.2) is 0 Å². The summed E-state index contributed by atoms with van der Waals surface area (Å²) in [6.07, 6.45) is 3.13. The van der Waals surface area contributed by atoms with Gasteiger partial charge >= 0.3 is 0 Å². The Hall–Kier alpha value is -3.31. The van der Waals surface area contributed by atoms with E-state index in [9.17, 15) is 13.2 Å². The van der Waals surface area contributed by atoms with E-state index < -0.39 is 15.9 Å². The molecule has 0 saturated heterocycles. The molecule has 4 rings (SSSR count). The van der Waals surface area contributed by atoms with E-state index in [4.69, 9.17) is 4.74 Å². The number of rotatable bonds is 7. The molecular formula is C19H20N6O4S. The number of ether oxygens (including phenoxy) is 1. The van der Waals surface area contributed by atoms with E-state index in [1.165, 1.54) is 36.3 Å². The van der Waals surface area contributed by atoms with Crippen LogP contribution in [0.2, 0.25) is 0 Å². The van der Waals surface area contributed by atoms with Crippen LogP contribution < -0.4 is 14.8 Å². The van der Waals surface area contributed by atoms with Gasteiger partial charge in [-0.15, -0.1) is 5.10 Å². The highest BCUT2D eigenvalue weighted by atomic mass is 32.2. The molecule has 0 unspecified atom stereocenters. The molecule has 1 aliphatic carbocycles. The van der Waals surface area contributed by atoms with Gasteiger partial charge in [0.05, 0.1) is 23.4 Å². The number of amides is 1. The molecule has 3 aromatic rings. The van der Waals surface area contributed by atoms with Crippen molar-refractivity contribution in [2.75, 3.05) is 12.4 Å². The van der Waals surface area contributed by atoms with Crippen LogP contribution in [-0.4, -0.2) is 47.7 Å². The monoisotopic (exact) mass is 428 g/mol. The second-order valence-corrected chi connectivity index (χ2v) is 8.68. The summed E-state index contributed by atoms with van der Waals surface area (Å²) in [5, 5.41) is 13.8. The van der Waals surface area contributed by atoms with Gasteiger partial charge in [0.2, 0.25) is 10.0 Å². The number of carbonyl (C=O) groups excluding carboxylic acids is 1. The van der Waals surface area contributed by atoms with E-state index >= 15 is 0 Å². The minimum Gasteiger partial charge on any atom is -0.495 e. The average Bonchev–Trinajstić information content (AvgIpc) is 3.35. The molecule has 0 bridgehead atoms. The van der Waals surface area contributed by atoms with Crippen molar-refractivity contribution >= 4 is 21.6 Å². The van der Waals surface area contributed by atoms with Crippen LogP contribution in [0.4, 0.5) is 5.69 Å². The van der Waals surface area contributed by atoms with Crippen molar-refractivity contribution in [2.24, 2.45) is 0 Å². The van der Waals surface area contributed by atoms with Crippen LogP contribution in [0, 0.1) is 6.92 Å². The van der Waals surface area contributed by atoms with E-state index in [0.717, 1.165) is 24.1 Å². The summed E-state index contributed by atoms with van der Waals surface area (Å²) in [7, 11) is -2.21. The third kappa shape index (κ3) is 4.16. The lowest BCUT2D eigenvalue weighted by atomic mass is 10.1. The standard InChI is InChI=1S/C19H20N6O4S/c1-12-9-13(3-7-17(12)25-11-20-23-24-25)19(26)21-16-10-15(6-8-18(16)29-2)30(27,28)22-14-4-5-14/h3,6-11,14,22H,4-5H2,1-2H3,(H,21,26). The third-order valence-corrected chi connectivity index (χ3v) is 6.20. The third-order valence-electron chi connectivity index (χ3n) is 4.68. The summed E-state index contributed by atoms with van der Waals surface area (Å²) >= 11 is 0. The fraction of sp³-hybridized carbons (Fsp3) is 0.263. The van der Waals surface area contributed by atoms with Gasteiger partial charge in [-0.3, -0.25) is 4.79 Å². The molecule has 1 saturated carbocycles. The molecule has 1 heterocycles. The number of carbonyl (C=O) groups is 1. The number of anilines is 1. The summed E-state index contributed by atoms with van der Waals surface area (Å²) in [5.74, 6) is -0.0416. The number of aryl methyl sites for hydroxylation is 1. The molecule has 2 N–H and O–H groups in total. The van der Waals surface area contributed by atoms with Crippen LogP contribution in [-0.2, 0) is 10.0 Å². The predicted molar refractivity (Wildman–Crippen MR) is 108 cm³/mol. The quantitative estimate of drug-likeness (QED) is 0.586. The van der Waals surface area contributed by atoms with Crippen molar-refractivity contribution < 1.29 is 17.9 Å². The number of methoxy groups -OCH3 is 1. The maximum absolute atomic E-state index is 12.8. The molecule has 2 aromatic carbocycles. The maximum Gasteiger partial charge on any atom is 0.255 e. The highest BCUT2D eigenvalue weighted by molar-refractivity contribution is 7.89. The summed E-state index contributed by atoms with van der Waals surface area (Å²) in [6.45, 7) is 1.84. The van der Waals surface area contributed by atoms with Gasteiger partial charge in [-0.05, 0) is 72.2 Å². The van der Waals surface area contributed by atoms with Gasteiger partial charge in [0, 0.05) is 11.6 Å². The molecule has 1 aromatic heterocycles. The van der Waals surface area contributed by atoms with Crippen molar-refractivity contribution in [3.05, 3.63) is 53.9 Å². The second kappa shape index (κ2) is 7.84. The summed E-state index contributed by atoms with van der Waals surface area (Å²) in [6, 6.07) is 9.42. The maximum atomic E-state index is 12.8. The van der Waals surface area contributed by atoms with E-state index in [1.807, 2.05) is 6.92 Å². The first-order valence-electron chi connectivity index (χ1n) is 9.23. The fourth-order valence-corrected chi connectivity index (χ4v) is 4.29. The van der Waals surface area contributed by atoms with Crippen molar-refractivity contribution in [3.8, 4) is 11.4 Å². The Morgan fingerprint density at radius 1 is 1.20 bits per heavy atom. The lowest BCUT2D eigenvalue weighted by molar-refractivity contribution is 0.102. The van der Waals surface area contributed by atoms with E-state index in [0.29, 0.717) is 11.3 Å². The Morgan fingerprint density at radius 3 is 2.63 bits per heavy atom. The van der Waals surface area contributed by atoms with Gasteiger partial charge in [0.25, 0.3) is 5.91 Å². The number of benzene rings is 2. The van der Waals surface area contributed by atoms with Crippen LogP contribution in [0.25, 0.3) is 5.69 Å². The number of hydrogen-bond acceptors (Lipinski definition) is 7. The highest BCUT2D eigenvalue weighted by Gasteiger charge is 2.28. The van der Waals surface area contributed by atoms with Gasteiger partial charge in [0.1, 0.15) is 12.1 Å². The van der Waals surface area contributed by atoms with Gasteiger partial charge in [-0.25, -0.2) is 17.8 Å². The lowest BCUT2D eigenvalue weighted by Gasteiger charge is -2.13. The highest BCUT2D eigenvalue weighted by Crippen LogP contribution is 2.29. The first-order valence-corrected chi connectivity index (χ1v) is 10.7. The number of sulfonamides is 1. The molecule has 11 heteroatoms. The Balaban J connectivity index is 1.59. The zero-order chi connectivity index (χ0) is 21.3. The van der Waals surface area contributed by atoms with Crippen LogP contribution in [0.5, 0.6) is 5.75 Å². The first-order chi connectivity index (χ1) is 14.4. The van der Waals surface area contributed by atoms with E-state index in [-0.39, 0.29) is 16.6 Å². The largest absolute Gasteiger partial charge is 0.495 e. The Morgan fingerprint density at radius 2 is 2.00 bits per heavy atom. The van der Waals surface area contributed by atoms with Crippen LogP contribution in [0.15, 0.2) is 47.6 Å². The molecule has 0 radical (unpaired) electrons. The first kappa shape index (κ1) is 20.0. The van der Waals surface area contributed by atoms with Gasteiger partial charge in [-0.2, -0.15) is 0 Å². The molecule has 1 aliphatic rings. The van der Waals surface area contributed by atoms with Crippen molar-refractivity contribution in [1.82, 2.24) is 24.9 Å². The molecule has 1 fully saturated rings. The SMILES string of the molecule is COc1ccc(S(=O)(=O)NC2CC2)cc1NC(=O)c1ccc(-n2cnnn2)c(C)c1. The lowest BCUT2D eigenvalue weighted by Crippen LogP contribution is -2.26. The fourth-order valence-electron chi connectivity index (χ4n) is 2.96. The number of nitrogens with one attached hydrogen (secondary N) is 2. The minimum atomic E-state index is -3.66. The molecule has 30 heavy (non-hydrogen) atoms. The summed E-state index contributed by atoms with van der Waals surface area (Å²) < 4.78 is 34.4. The summed E-state index contributed by atoms with van der Waals surface area (Å²) in [5.41, 5.74) is 2.21. The smallest absolute Gasteiger partial charge is 0.255 e. The zero-order valence-corrected chi connectivity index (χ0v) is 17.2. The normalized spacial score (nSPS) is 13.8. The minimum absolute atomic E-state index is 0.0168.